The van der Waals surface area contributed by atoms with Crippen molar-refractivity contribution in [3.8, 4) is 11.4 Å². The Hall–Kier alpha value is -2.77. The monoisotopic (exact) mass is 359 g/mol. The summed E-state index contributed by atoms with van der Waals surface area (Å²) in [6.45, 7) is 1.05. The van der Waals surface area contributed by atoms with Crippen molar-refractivity contribution in [2.75, 3.05) is 13.1 Å². The van der Waals surface area contributed by atoms with E-state index >= 15 is 0 Å². The van der Waals surface area contributed by atoms with Gasteiger partial charge >= 0.3 is 5.97 Å². The predicted octanol–water partition coefficient (Wildman–Crippen LogP) is 2.30. The Balaban J connectivity index is 1.45. The second kappa shape index (κ2) is 6.51. The normalized spacial score (nSPS) is 25.1. The number of aromatic nitrogens is 2. The maximum atomic E-state index is 13.4. The van der Waals surface area contributed by atoms with Gasteiger partial charge < -0.3 is 14.5 Å². The minimum Gasteiger partial charge on any atom is -0.481 e. The number of likely N-dealkylation sites (tertiary alicyclic amines) is 1. The molecule has 1 aromatic heterocycles. The largest absolute Gasteiger partial charge is 0.481 e. The number of hydrogen-bond donors (Lipinski definition) is 1. The number of piperidine rings is 1. The smallest absolute Gasteiger partial charge is 0.307 e. The van der Waals surface area contributed by atoms with Crippen LogP contribution in [0.15, 0.2) is 28.8 Å². The molecular formula is C18H18FN3O4. The first-order chi connectivity index (χ1) is 12.5. The highest BCUT2D eigenvalue weighted by molar-refractivity contribution is 5.89. The highest BCUT2D eigenvalue weighted by Crippen LogP contribution is 2.41. The van der Waals surface area contributed by atoms with E-state index in [4.69, 9.17) is 9.63 Å². The lowest BCUT2D eigenvalue weighted by molar-refractivity contribution is -0.142. The third-order valence-corrected chi connectivity index (χ3v) is 5.03. The molecule has 8 heteroatoms. The quantitative estimate of drug-likeness (QED) is 0.900. The van der Waals surface area contributed by atoms with Crippen molar-refractivity contribution in [3.63, 3.8) is 0 Å². The van der Waals surface area contributed by atoms with Crippen molar-refractivity contribution < 1.29 is 23.6 Å². The van der Waals surface area contributed by atoms with Crippen molar-refractivity contribution in [1.29, 1.82) is 0 Å². The lowest BCUT2D eigenvalue weighted by Crippen LogP contribution is -2.40. The molecule has 1 saturated heterocycles. The number of carbonyl (C=O) groups excluding carboxylic acids is 1. The summed E-state index contributed by atoms with van der Waals surface area (Å²) in [6, 6.07) is 5.96. The molecular weight excluding hydrogens is 341 g/mol. The van der Waals surface area contributed by atoms with E-state index in [1.165, 1.54) is 12.1 Å². The number of nitrogens with zero attached hydrogens (tertiary/aromatic N) is 3. The van der Waals surface area contributed by atoms with E-state index in [1.54, 1.807) is 17.0 Å². The Kier molecular flexibility index (Phi) is 4.18. The van der Waals surface area contributed by atoms with Crippen molar-refractivity contribution in [3.05, 3.63) is 36.0 Å². The van der Waals surface area contributed by atoms with Crippen LogP contribution >= 0.6 is 0 Å². The molecule has 3 atom stereocenters. The molecule has 0 bridgehead atoms. The molecule has 2 aliphatic rings. The predicted molar refractivity (Wildman–Crippen MR) is 87.5 cm³/mol. The molecule has 1 aliphatic heterocycles. The van der Waals surface area contributed by atoms with Crippen LogP contribution in [0.3, 0.4) is 0 Å². The van der Waals surface area contributed by atoms with Gasteiger partial charge in [-0.3, -0.25) is 9.59 Å². The number of benzene rings is 1. The van der Waals surface area contributed by atoms with Crippen LogP contribution in [0.5, 0.6) is 0 Å². The Morgan fingerprint density at radius 1 is 1.31 bits per heavy atom. The zero-order chi connectivity index (χ0) is 18.3. The van der Waals surface area contributed by atoms with Crippen LogP contribution in [0.1, 0.15) is 31.1 Å². The minimum absolute atomic E-state index is 0.0930. The minimum atomic E-state index is -0.909. The second-order valence-electron chi connectivity index (χ2n) is 6.88. The molecule has 7 nitrogen and oxygen atoms in total. The van der Waals surface area contributed by atoms with Crippen LogP contribution in [-0.4, -0.2) is 45.1 Å². The van der Waals surface area contributed by atoms with Crippen molar-refractivity contribution >= 4 is 11.9 Å². The van der Waals surface area contributed by atoms with Gasteiger partial charge in [-0.05, 0) is 31.4 Å². The van der Waals surface area contributed by atoms with Gasteiger partial charge in [-0.2, -0.15) is 4.98 Å². The maximum absolute atomic E-state index is 13.4. The second-order valence-corrected chi connectivity index (χ2v) is 6.88. The fraction of sp³-hybridized carbons (Fsp3) is 0.444. The number of aliphatic carboxylic acids is 1. The van der Waals surface area contributed by atoms with Crippen LogP contribution in [0, 0.1) is 17.7 Å². The van der Waals surface area contributed by atoms with Gasteiger partial charge in [-0.25, -0.2) is 4.39 Å². The number of carbonyl (C=O) groups is 2. The highest BCUT2D eigenvalue weighted by Gasteiger charge is 2.50. The highest BCUT2D eigenvalue weighted by atomic mass is 19.1. The number of carboxylic acid groups (broad SMARTS) is 1. The van der Waals surface area contributed by atoms with Gasteiger partial charge in [-0.1, -0.05) is 17.3 Å². The van der Waals surface area contributed by atoms with E-state index in [1.807, 2.05) is 0 Å². The number of amides is 1. The number of halogens is 1. The van der Waals surface area contributed by atoms with Crippen LogP contribution in [0.4, 0.5) is 4.39 Å². The van der Waals surface area contributed by atoms with E-state index in [2.05, 4.69) is 10.1 Å². The fourth-order valence-electron chi connectivity index (χ4n) is 3.50. The summed E-state index contributed by atoms with van der Waals surface area (Å²) in [6.07, 6.45) is 2.01. The molecule has 0 unspecified atom stereocenters. The number of hydrogen-bond acceptors (Lipinski definition) is 5. The van der Waals surface area contributed by atoms with Crippen LogP contribution in [-0.2, 0) is 9.59 Å². The first-order valence-corrected chi connectivity index (χ1v) is 8.64. The molecule has 1 aliphatic carbocycles. The van der Waals surface area contributed by atoms with Gasteiger partial charge in [0.05, 0.1) is 17.8 Å². The average molecular weight is 359 g/mol. The lowest BCUT2D eigenvalue weighted by atomic mass is 9.97. The molecule has 4 rings (SSSR count). The molecule has 2 heterocycles. The Bertz CT molecular complexity index is 852. The zero-order valence-electron chi connectivity index (χ0n) is 14.0. The average Bonchev–Trinajstić information content (AvgIpc) is 3.30. The molecule has 26 heavy (non-hydrogen) atoms. The van der Waals surface area contributed by atoms with Gasteiger partial charge in [-0.15, -0.1) is 0 Å². The SMILES string of the molecule is O=C(O)[C@@H]1C[C@@H]1C(=O)N1CCC[C@@H](c2nc(-c3cccc(F)c3)no2)C1. The topological polar surface area (TPSA) is 96.5 Å². The molecule has 1 N–H and O–H groups in total. The summed E-state index contributed by atoms with van der Waals surface area (Å²) in [7, 11) is 0. The Morgan fingerprint density at radius 2 is 2.15 bits per heavy atom. The Morgan fingerprint density at radius 3 is 2.88 bits per heavy atom. The maximum Gasteiger partial charge on any atom is 0.307 e. The van der Waals surface area contributed by atoms with E-state index < -0.39 is 17.8 Å². The van der Waals surface area contributed by atoms with Gasteiger partial charge in [0.1, 0.15) is 5.82 Å². The molecule has 2 fully saturated rings. The van der Waals surface area contributed by atoms with Gasteiger partial charge in [0.15, 0.2) is 0 Å². The van der Waals surface area contributed by atoms with Crippen LogP contribution < -0.4 is 0 Å². The first-order valence-electron chi connectivity index (χ1n) is 8.64. The van der Waals surface area contributed by atoms with E-state index in [9.17, 15) is 14.0 Å². The Labute approximate surface area is 148 Å². The van der Waals surface area contributed by atoms with Gasteiger partial charge in [0.25, 0.3) is 0 Å². The van der Waals surface area contributed by atoms with E-state index in [0.717, 1.165) is 12.8 Å². The van der Waals surface area contributed by atoms with Crippen molar-refractivity contribution in [1.82, 2.24) is 15.0 Å². The van der Waals surface area contributed by atoms with Gasteiger partial charge in [0.2, 0.25) is 17.6 Å². The van der Waals surface area contributed by atoms with Gasteiger partial charge in [0, 0.05) is 18.7 Å². The zero-order valence-corrected chi connectivity index (χ0v) is 14.0. The summed E-state index contributed by atoms with van der Waals surface area (Å²) < 4.78 is 18.7. The number of rotatable bonds is 4. The molecule has 2 aromatic rings. The molecule has 0 spiro atoms. The summed E-state index contributed by atoms with van der Waals surface area (Å²) in [5, 5.41) is 12.9. The molecule has 1 amide bonds. The van der Waals surface area contributed by atoms with Crippen LogP contribution in [0.25, 0.3) is 11.4 Å². The third-order valence-electron chi connectivity index (χ3n) is 5.03. The van der Waals surface area contributed by atoms with Crippen molar-refractivity contribution in [2.24, 2.45) is 11.8 Å². The summed E-state index contributed by atoms with van der Waals surface area (Å²) in [4.78, 5) is 29.5. The summed E-state index contributed by atoms with van der Waals surface area (Å²) >= 11 is 0. The van der Waals surface area contributed by atoms with Crippen LogP contribution in [0.2, 0.25) is 0 Å². The summed E-state index contributed by atoms with van der Waals surface area (Å²) in [5.74, 6) is -1.70. The molecule has 1 aromatic carbocycles. The first kappa shape index (κ1) is 16.7. The standard InChI is InChI=1S/C18H18FN3O4/c19-12-5-1-3-10(7-12)15-20-16(26-21-15)11-4-2-6-22(9-11)17(23)13-8-14(13)18(24)25/h1,3,5,7,11,13-14H,2,4,6,8-9H2,(H,24,25)/t11-,13+,14-/m1/s1. The molecule has 1 saturated carbocycles. The molecule has 0 radical (unpaired) electrons. The van der Waals surface area contributed by atoms with Crippen molar-refractivity contribution in [2.45, 2.75) is 25.2 Å². The number of carboxylic acids is 1. The van der Waals surface area contributed by atoms with E-state index in [0.29, 0.717) is 36.8 Å². The molecule has 136 valence electrons. The summed E-state index contributed by atoms with van der Waals surface area (Å²) in [5.41, 5.74) is 0.533. The lowest BCUT2D eigenvalue weighted by Gasteiger charge is -2.31. The van der Waals surface area contributed by atoms with E-state index in [-0.39, 0.29) is 17.6 Å². The third kappa shape index (κ3) is 3.18. The fourth-order valence-corrected chi connectivity index (χ4v) is 3.50.